The number of Topliss-reactive ketones (excluding diaryl/α,β-unsaturated/α-hetero) is 1. The van der Waals surface area contributed by atoms with Gasteiger partial charge in [0.25, 0.3) is 0 Å². The molecule has 3 heteroatoms. The monoisotopic (exact) mass is 192 g/mol. The van der Waals surface area contributed by atoms with Gasteiger partial charge in [0.15, 0.2) is 5.78 Å². The summed E-state index contributed by atoms with van der Waals surface area (Å²) in [7, 11) is 0. The van der Waals surface area contributed by atoms with E-state index in [-0.39, 0.29) is 11.7 Å². The number of nitrogens with zero attached hydrogens (tertiary/aromatic N) is 1. The van der Waals surface area contributed by atoms with Crippen molar-refractivity contribution in [2.24, 2.45) is 11.7 Å². The van der Waals surface area contributed by atoms with Crippen molar-refractivity contribution in [1.29, 1.82) is 0 Å². The molecule has 0 saturated carbocycles. The summed E-state index contributed by atoms with van der Waals surface area (Å²) in [5.74, 6) is 0.0296. The first-order valence-corrected chi connectivity index (χ1v) is 4.86. The Morgan fingerprint density at radius 3 is 2.71 bits per heavy atom. The Balaban J connectivity index is 2.83. The summed E-state index contributed by atoms with van der Waals surface area (Å²) in [6.45, 7) is 4.27. The van der Waals surface area contributed by atoms with E-state index >= 15 is 0 Å². The predicted octanol–water partition coefficient (Wildman–Crippen LogP) is 1.56. The van der Waals surface area contributed by atoms with Crippen LogP contribution >= 0.6 is 0 Å². The highest BCUT2D eigenvalue weighted by Gasteiger charge is 2.16. The fourth-order valence-electron chi connectivity index (χ4n) is 1.31. The molecule has 1 aromatic rings. The zero-order valence-electron chi connectivity index (χ0n) is 8.66. The van der Waals surface area contributed by atoms with Crippen LogP contribution in [0, 0.1) is 12.8 Å². The predicted molar refractivity (Wildman–Crippen MR) is 56.1 cm³/mol. The Morgan fingerprint density at radius 1 is 1.57 bits per heavy atom. The number of carbonyl (C=O) groups excluding carboxylic acids is 1. The Hall–Kier alpha value is -1.22. The van der Waals surface area contributed by atoms with Crippen LogP contribution in [0.1, 0.15) is 29.4 Å². The van der Waals surface area contributed by atoms with E-state index in [1.54, 1.807) is 6.20 Å². The van der Waals surface area contributed by atoms with Gasteiger partial charge in [-0.05, 0) is 25.5 Å². The Morgan fingerprint density at radius 2 is 2.29 bits per heavy atom. The standard InChI is InChI=1S/C11H16N2O/c1-3-9(6-12)11(14)10-5-4-8(2)13-7-10/h4-5,7,9H,3,6,12H2,1-2H3. The molecule has 0 radical (unpaired) electrons. The number of nitrogens with two attached hydrogens (primary N) is 1. The summed E-state index contributed by atoms with van der Waals surface area (Å²) in [6, 6.07) is 3.65. The highest BCUT2D eigenvalue weighted by Crippen LogP contribution is 2.10. The zero-order chi connectivity index (χ0) is 10.6. The van der Waals surface area contributed by atoms with E-state index in [2.05, 4.69) is 4.98 Å². The van der Waals surface area contributed by atoms with Crippen molar-refractivity contribution in [2.75, 3.05) is 6.54 Å². The number of aryl methyl sites for hydroxylation is 1. The molecule has 1 aromatic heterocycles. The lowest BCUT2D eigenvalue weighted by Gasteiger charge is -2.10. The second kappa shape index (κ2) is 4.86. The van der Waals surface area contributed by atoms with E-state index in [0.29, 0.717) is 12.1 Å². The average Bonchev–Trinajstić information content (AvgIpc) is 2.20. The van der Waals surface area contributed by atoms with Crippen molar-refractivity contribution in [1.82, 2.24) is 4.98 Å². The smallest absolute Gasteiger partial charge is 0.168 e. The molecule has 0 bridgehead atoms. The van der Waals surface area contributed by atoms with Crippen LogP contribution in [0.3, 0.4) is 0 Å². The summed E-state index contributed by atoms with van der Waals surface area (Å²) in [4.78, 5) is 15.9. The molecule has 1 heterocycles. The molecule has 14 heavy (non-hydrogen) atoms. The van der Waals surface area contributed by atoms with Gasteiger partial charge in [0.05, 0.1) is 0 Å². The Kier molecular flexibility index (Phi) is 3.77. The van der Waals surface area contributed by atoms with Crippen molar-refractivity contribution in [2.45, 2.75) is 20.3 Å². The second-order valence-electron chi connectivity index (χ2n) is 3.39. The van der Waals surface area contributed by atoms with Crippen LogP contribution in [0.15, 0.2) is 18.3 Å². The molecule has 0 aliphatic rings. The fraction of sp³-hybridized carbons (Fsp3) is 0.455. The quantitative estimate of drug-likeness (QED) is 0.736. The molecule has 0 spiro atoms. The average molecular weight is 192 g/mol. The third kappa shape index (κ3) is 2.39. The number of rotatable bonds is 4. The summed E-state index contributed by atoms with van der Waals surface area (Å²) in [5, 5.41) is 0. The third-order valence-corrected chi connectivity index (χ3v) is 2.34. The highest BCUT2D eigenvalue weighted by atomic mass is 16.1. The molecule has 0 aliphatic heterocycles. The van der Waals surface area contributed by atoms with Crippen molar-refractivity contribution in [3.05, 3.63) is 29.6 Å². The Labute approximate surface area is 84.3 Å². The summed E-state index contributed by atoms with van der Waals surface area (Å²) in [5.41, 5.74) is 7.09. The van der Waals surface area contributed by atoms with E-state index in [1.165, 1.54) is 0 Å². The van der Waals surface area contributed by atoms with Gasteiger partial charge in [0.1, 0.15) is 0 Å². The van der Waals surface area contributed by atoms with Crippen LogP contribution in [0.25, 0.3) is 0 Å². The molecular formula is C11H16N2O. The van der Waals surface area contributed by atoms with E-state index in [4.69, 9.17) is 5.73 Å². The summed E-state index contributed by atoms with van der Waals surface area (Å²) < 4.78 is 0. The van der Waals surface area contributed by atoms with Crippen LogP contribution in [0.4, 0.5) is 0 Å². The molecule has 0 saturated heterocycles. The van der Waals surface area contributed by atoms with E-state index in [1.807, 2.05) is 26.0 Å². The first-order valence-electron chi connectivity index (χ1n) is 4.86. The first kappa shape index (κ1) is 10.9. The maximum absolute atomic E-state index is 11.8. The topological polar surface area (TPSA) is 56.0 Å². The normalized spacial score (nSPS) is 12.5. The Bertz CT molecular complexity index is 302. The van der Waals surface area contributed by atoms with Crippen LogP contribution < -0.4 is 5.73 Å². The van der Waals surface area contributed by atoms with E-state index in [0.717, 1.165) is 12.1 Å². The SMILES string of the molecule is CCC(CN)C(=O)c1ccc(C)nc1. The van der Waals surface area contributed by atoms with Gasteiger partial charge in [-0.3, -0.25) is 9.78 Å². The van der Waals surface area contributed by atoms with E-state index < -0.39 is 0 Å². The van der Waals surface area contributed by atoms with Crippen molar-refractivity contribution in [3.63, 3.8) is 0 Å². The molecule has 1 atom stereocenters. The van der Waals surface area contributed by atoms with Crippen molar-refractivity contribution in [3.8, 4) is 0 Å². The molecule has 76 valence electrons. The number of ketones is 1. The molecule has 0 aromatic carbocycles. The zero-order valence-corrected chi connectivity index (χ0v) is 8.66. The van der Waals surface area contributed by atoms with Crippen LogP contribution in [-0.2, 0) is 0 Å². The number of hydrogen-bond acceptors (Lipinski definition) is 3. The number of aromatic nitrogens is 1. The molecular weight excluding hydrogens is 176 g/mol. The molecule has 1 unspecified atom stereocenters. The molecule has 0 amide bonds. The van der Waals surface area contributed by atoms with Crippen LogP contribution in [0.2, 0.25) is 0 Å². The van der Waals surface area contributed by atoms with Gasteiger partial charge in [0.2, 0.25) is 0 Å². The minimum atomic E-state index is -0.0699. The lowest BCUT2D eigenvalue weighted by Crippen LogP contribution is -2.23. The van der Waals surface area contributed by atoms with Gasteiger partial charge >= 0.3 is 0 Å². The highest BCUT2D eigenvalue weighted by molar-refractivity contribution is 5.97. The largest absolute Gasteiger partial charge is 0.330 e. The number of pyridine rings is 1. The summed E-state index contributed by atoms with van der Waals surface area (Å²) in [6.07, 6.45) is 2.40. The van der Waals surface area contributed by atoms with Crippen molar-refractivity contribution < 1.29 is 4.79 Å². The van der Waals surface area contributed by atoms with Gasteiger partial charge in [-0.15, -0.1) is 0 Å². The first-order chi connectivity index (χ1) is 6.69. The maximum atomic E-state index is 11.8. The van der Waals surface area contributed by atoms with E-state index in [9.17, 15) is 4.79 Å². The van der Waals surface area contributed by atoms with Gasteiger partial charge in [-0.25, -0.2) is 0 Å². The van der Waals surface area contributed by atoms with Gasteiger partial charge < -0.3 is 5.73 Å². The molecule has 1 rings (SSSR count). The summed E-state index contributed by atoms with van der Waals surface area (Å²) >= 11 is 0. The number of hydrogen-bond donors (Lipinski definition) is 1. The van der Waals surface area contributed by atoms with Gasteiger partial charge in [-0.1, -0.05) is 6.92 Å². The minimum absolute atomic E-state index is 0.0699. The van der Waals surface area contributed by atoms with Gasteiger partial charge in [0, 0.05) is 29.9 Å². The van der Waals surface area contributed by atoms with Crippen LogP contribution in [-0.4, -0.2) is 17.3 Å². The van der Waals surface area contributed by atoms with Crippen LogP contribution in [0.5, 0.6) is 0 Å². The lowest BCUT2D eigenvalue weighted by atomic mass is 9.96. The maximum Gasteiger partial charge on any atom is 0.168 e. The molecule has 3 nitrogen and oxygen atoms in total. The molecule has 0 aliphatic carbocycles. The third-order valence-electron chi connectivity index (χ3n) is 2.34. The number of carbonyl (C=O) groups is 1. The fourth-order valence-corrected chi connectivity index (χ4v) is 1.31. The molecule has 2 N–H and O–H groups in total. The molecule has 0 fully saturated rings. The van der Waals surface area contributed by atoms with Crippen molar-refractivity contribution >= 4 is 5.78 Å². The second-order valence-corrected chi connectivity index (χ2v) is 3.39. The minimum Gasteiger partial charge on any atom is -0.330 e. The van der Waals surface area contributed by atoms with Gasteiger partial charge in [-0.2, -0.15) is 0 Å². The lowest BCUT2D eigenvalue weighted by molar-refractivity contribution is 0.0921.